The van der Waals surface area contributed by atoms with E-state index in [0.29, 0.717) is 11.1 Å². The minimum Gasteiger partial charge on any atom is -0.457 e. The molecular formula is C39H22N2O. The molecule has 0 atom stereocenters. The molecule has 8 rings (SSSR count). The van der Waals surface area contributed by atoms with Crippen LogP contribution in [0.15, 0.2) is 133 Å². The first kappa shape index (κ1) is 23.9. The third-order valence-corrected chi connectivity index (χ3v) is 8.63. The Morgan fingerprint density at radius 3 is 1.26 bits per heavy atom. The van der Waals surface area contributed by atoms with Crippen molar-refractivity contribution in [2.75, 3.05) is 0 Å². The van der Waals surface area contributed by atoms with Gasteiger partial charge in [0.1, 0.15) is 11.5 Å². The van der Waals surface area contributed by atoms with Crippen molar-refractivity contribution >= 4 is 0 Å². The van der Waals surface area contributed by atoms with Gasteiger partial charge in [-0.05, 0) is 93.0 Å². The van der Waals surface area contributed by atoms with Crippen LogP contribution in [0, 0.1) is 22.7 Å². The third-order valence-electron chi connectivity index (χ3n) is 8.63. The molecule has 1 spiro atoms. The van der Waals surface area contributed by atoms with Crippen LogP contribution in [-0.4, -0.2) is 0 Å². The molecule has 0 radical (unpaired) electrons. The monoisotopic (exact) mass is 534 g/mol. The Morgan fingerprint density at radius 1 is 0.429 bits per heavy atom. The van der Waals surface area contributed by atoms with Gasteiger partial charge in [0.25, 0.3) is 0 Å². The summed E-state index contributed by atoms with van der Waals surface area (Å²) in [6.45, 7) is 0. The van der Waals surface area contributed by atoms with Gasteiger partial charge in [0.05, 0.1) is 28.7 Å². The highest BCUT2D eigenvalue weighted by Gasteiger charge is 2.51. The fraction of sp³-hybridized carbons (Fsp3) is 0.0256. The van der Waals surface area contributed by atoms with Gasteiger partial charge < -0.3 is 4.74 Å². The first-order chi connectivity index (χ1) is 20.7. The van der Waals surface area contributed by atoms with Crippen molar-refractivity contribution in [2.45, 2.75) is 5.41 Å². The Labute approximate surface area is 244 Å². The minimum atomic E-state index is -0.596. The molecule has 0 aromatic heterocycles. The van der Waals surface area contributed by atoms with E-state index in [1.165, 1.54) is 22.3 Å². The molecule has 1 heterocycles. The van der Waals surface area contributed by atoms with Gasteiger partial charge in [-0.2, -0.15) is 10.5 Å². The number of hydrogen-bond donors (Lipinski definition) is 0. The fourth-order valence-corrected chi connectivity index (χ4v) is 6.73. The second-order valence-corrected chi connectivity index (χ2v) is 10.7. The molecule has 194 valence electrons. The molecule has 3 heteroatoms. The zero-order chi connectivity index (χ0) is 28.3. The highest BCUT2D eigenvalue weighted by molar-refractivity contribution is 5.91. The van der Waals surface area contributed by atoms with Crippen LogP contribution in [-0.2, 0) is 5.41 Å². The molecule has 0 amide bonds. The lowest BCUT2D eigenvalue weighted by molar-refractivity contribution is 0.436. The summed E-state index contributed by atoms with van der Waals surface area (Å²) >= 11 is 0. The molecule has 1 aliphatic carbocycles. The van der Waals surface area contributed by atoms with E-state index < -0.39 is 5.41 Å². The topological polar surface area (TPSA) is 56.8 Å². The van der Waals surface area contributed by atoms with Gasteiger partial charge in [0, 0.05) is 11.1 Å². The Balaban J connectivity index is 1.45. The van der Waals surface area contributed by atoms with Gasteiger partial charge in [0.15, 0.2) is 0 Å². The molecule has 0 bridgehead atoms. The molecule has 6 aromatic rings. The summed E-state index contributed by atoms with van der Waals surface area (Å²) < 4.78 is 6.51. The predicted molar refractivity (Wildman–Crippen MR) is 164 cm³/mol. The number of ether oxygens (including phenoxy) is 1. The van der Waals surface area contributed by atoms with Crippen LogP contribution in [0.4, 0.5) is 0 Å². The van der Waals surface area contributed by atoms with Gasteiger partial charge in [0.2, 0.25) is 0 Å². The van der Waals surface area contributed by atoms with Crippen LogP contribution >= 0.6 is 0 Å². The van der Waals surface area contributed by atoms with Gasteiger partial charge >= 0.3 is 0 Å². The number of rotatable bonds is 2. The molecule has 6 aromatic carbocycles. The molecule has 1 aliphatic heterocycles. The smallest absolute Gasteiger partial charge is 0.132 e. The second kappa shape index (κ2) is 9.07. The maximum atomic E-state index is 9.33. The normalized spacial score (nSPS) is 13.1. The van der Waals surface area contributed by atoms with Crippen molar-refractivity contribution in [1.29, 1.82) is 10.5 Å². The Hall–Kier alpha value is -5.90. The van der Waals surface area contributed by atoms with E-state index in [4.69, 9.17) is 4.74 Å². The zero-order valence-electron chi connectivity index (χ0n) is 22.5. The molecule has 0 saturated carbocycles. The average Bonchev–Trinajstić information content (AvgIpc) is 3.34. The van der Waals surface area contributed by atoms with E-state index in [0.717, 1.165) is 44.9 Å². The number of fused-ring (bicyclic) bond motifs is 9. The Kier molecular flexibility index (Phi) is 5.17. The van der Waals surface area contributed by atoms with E-state index in [9.17, 15) is 10.5 Å². The van der Waals surface area contributed by atoms with Crippen molar-refractivity contribution in [3.63, 3.8) is 0 Å². The summed E-state index contributed by atoms with van der Waals surface area (Å²) in [5.41, 5.74) is 12.0. The summed E-state index contributed by atoms with van der Waals surface area (Å²) in [7, 11) is 0. The van der Waals surface area contributed by atoms with Crippen LogP contribution in [0.5, 0.6) is 11.5 Å². The highest BCUT2D eigenvalue weighted by atomic mass is 16.5. The van der Waals surface area contributed by atoms with Gasteiger partial charge in [-0.15, -0.1) is 0 Å². The van der Waals surface area contributed by atoms with Gasteiger partial charge in [-0.3, -0.25) is 0 Å². The Bertz CT molecular complexity index is 1970. The number of benzene rings is 6. The minimum absolute atomic E-state index is 0.596. The predicted octanol–water partition coefficient (Wildman–Crippen LogP) is 9.23. The number of para-hydroxylation sites is 2. The first-order valence-corrected chi connectivity index (χ1v) is 13.9. The standard InChI is InChI=1S/C39H22N2O/c40-23-25-9-13-27(14-10-25)29-17-19-31-32-20-18-30(28-15-11-26(24-41)12-16-28)22-36(32)39(35(31)21-29)33-5-1-3-7-37(33)42-38-8-4-2-6-34(38)39/h1-22H. The van der Waals surface area contributed by atoms with Crippen molar-refractivity contribution in [3.05, 3.63) is 167 Å². The summed E-state index contributed by atoms with van der Waals surface area (Å²) in [6.07, 6.45) is 0. The average molecular weight is 535 g/mol. The molecular weight excluding hydrogens is 512 g/mol. The number of hydrogen-bond acceptors (Lipinski definition) is 3. The number of nitriles is 2. The van der Waals surface area contributed by atoms with Crippen molar-refractivity contribution in [2.24, 2.45) is 0 Å². The summed E-state index contributed by atoms with van der Waals surface area (Å²) in [6, 6.07) is 50.2. The third kappa shape index (κ3) is 3.32. The summed E-state index contributed by atoms with van der Waals surface area (Å²) in [4.78, 5) is 0. The quantitative estimate of drug-likeness (QED) is 0.222. The van der Waals surface area contributed by atoms with Crippen molar-refractivity contribution < 1.29 is 4.74 Å². The SMILES string of the molecule is N#Cc1ccc(-c2ccc3c(c2)C2(c4ccccc4Oc4ccccc42)c2cc(-c4ccc(C#N)cc4)ccc2-3)cc1. The zero-order valence-corrected chi connectivity index (χ0v) is 22.5. The Morgan fingerprint density at radius 2 is 0.833 bits per heavy atom. The number of nitrogens with zero attached hydrogens (tertiary/aromatic N) is 2. The molecule has 0 N–H and O–H groups in total. The fourth-order valence-electron chi connectivity index (χ4n) is 6.73. The van der Waals surface area contributed by atoms with Crippen LogP contribution in [0.3, 0.4) is 0 Å². The molecule has 0 unspecified atom stereocenters. The van der Waals surface area contributed by atoms with Crippen molar-refractivity contribution in [1.82, 2.24) is 0 Å². The van der Waals surface area contributed by atoms with E-state index in [1.54, 1.807) is 0 Å². The summed E-state index contributed by atoms with van der Waals surface area (Å²) in [5.74, 6) is 1.70. The molecule has 0 saturated heterocycles. The molecule has 42 heavy (non-hydrogen) atoms. The molecule has 3 nitrogen and oxygen atoms in total. The molecule has 2 aliphatic rings. The maximum Gasteiger partial charge on any atom is 0.132 e. The first-order valence-electron chi connectivity index (χ1n) is 13.9. The van der Waals surface area contributed by atoms with E-state index in [-0.39, 0.29) is 0 Å². The maximum absolute atomic E-state index is 9.33. The van der Waals surface area contributed by atoms with Crippen LogP contribution < -0.4 is 4.74 Å². The van der Waals surface area contributed by atoms with Crippen molar-refractivity contribution in [3.8, 4) is 57.0 Å². The lowest BCUT2D eigenvalue weighted by atomic mass is 9.65. The van der Waals surface area contributed by atoms with Gasteiger partial charge in [-0.1, -0.05) is 84.9 Å². The van der Waals surface area contributed by atoms with E-state index in [2.05, 4.69) is 84.9 Å². The van der Waals surface area contributed by atoms with Crippen LogP contribution in [0.25, 0.3) is 33.4 Å². The lowest BCUT2D eigenvalue weighted by Crippen LogP contribution is -2.32. The van der Waals surface area contributed by atoms with Crippen LogP contribution in [0.1, 0.15) is 33.4 Å². The summed E-state index contributed by atoms with van der Waals surface area (Å²) in [5, 5.41) is 18.7. The highest BCUT2D eigenvalue weighted by Crippen LogP contribution is 2.62. The van der Waals surface area contributed by atoms with E-state index in [1.807, 2.05) is 60.7 Å². The molecule has 0 fully saturated rings. The second-order valence-electron chi connectivity index (χ2n) is 10.7. The van der Waals surface area contributed by atoms with Gasteiger partial charge in [-0.25, -0.2) is 0 Å². The lowest BCUT2D eigenvalue weighted by Gasteiger charge is -2.39. The largest absolute Gasteiger partial charge is 0.457 e. The van der Waals surface area contributed by atoms with E-state index >= 15 is 0 Å². The van der Waals surface area contributed by atoms with Crippen LogP contribution in [0.2, 0.25) is 0 Å².